The quantitative estimate of drug-likeness (QED) is 0.606. The summed E-state index contributed by atoms with van der Waals surface area (Å²) < 4.78 is 24.3. The molecule has 6 nitrogen and oxygen atoms in total. The first-order valence-electron chi connectivity index (χ1n) is 7.49. The normalized spacial score (nSPS) is 11.0. The SMILES string of the molecule is Cc1coc(C(=O)Nc2ccc(-c3nc4c(F)cccc4o3)cc2)n1. The van der Waals surface area contributed by atoms with Gasteiger partial charge in [-0.05, 0) is 43.3 Å². The van der Waals surface area contributed by atoms with Crippen LogP contribution in [-0.2, 0) is 0 Å². The van der Waals surface area contributed by atoms with Crippen LogP contribution < -0.4 is 5.32 Å². The molecule has 2 aromatic heterocycles. The summed E-state index contributed by atoms with van der Waals surface area (Å²) in [6, 6.07) is 11.4. The summed E-state index contributed by atoms with van der Waals surface area (Å²) >= 11 is 0. The number of hydrogen-bond donors (Lipinski definition) is 1. The number of carbonyl (C=O) groups is 1. The Balaban J connectivity index is 1.57. The average Bonchev–Trinajstić information content (AvgIpc) is 3.23. The van der Waals surface area contributed by atoms with Gasteiger partial charge in [0.05, 0.1) is 5.69 Å². The molecule has 0 bridgehead atoms. The maximum atomic E-state index is 13.7. The van der Waals surface area contributed by atoms with E-state index >= 15 is 0 Å². The lowest BCUT2D eigenvalue weighted by Gasteiger charge is -2.03. The Morgan fingerprint density at radius 2 is 1.92 bits per heavy atom. The summed E-state index contributed by atoms with van der Waals surface area (Å²) in [6.45, 7) is 1.73. The van der Waals surface area contributed by atoms with Crippen molar-refractivity contribution in [3.8, 4) is 11.5 Å². The van der Waals surface area contributed by atoms with Gasteiger partial charge < -0.3 is 14.2 Å². The Morgan fingerprint density at radius 3 is 2.60 bits per heavy atom. The zero-order valence-corrected chi connectivity index (χ0v) is 13.1. The smallest absolute Gasteiger partial charge is 0.311 e. The Kier molecular flexibility index (Phi) is 3.53. The van der Waals surface area contributed by atoms with Gasteiger partial charge in [0.25, 0.3) is 5.89 Å². The monoisotopic (exact) mass is 337 g/mol. The molecule has 0 fully saturated rings. The molecule has 0 aliphatic rings. The van der Waals surface area contributed by atoms with E-state index in [1.807, 2.05) is 0 Å². The van der Waals surface area contributed by atoms with Crippen molar-refractivity contribution in [1.82, 2.24) is 9.97 Å². The predicted molar refractivity (Wildman–Crippen MR) is 88.6 cm³/mol. The number of carbonyl (C=O) groups excluding carboxylic acids is 1. The number of nitrogens with one attached hydrogen (secondary N) is 1. The third-order valence-corrected chi connectivity index (χ3v) is 3.57. The van der Waals surface area contributed by atoms with E-state index in [4.69, 9.17) is 8.83 Å². The fourth-order valence-electron chi connectivity index (χ4n) is 2.38. The van der Waals surface area contributed by atoms with Gasteiger partial charge in [-0.3, -0.25) is 4.79 Å². The van der Waals surface area contributed by atoms with Crippen molar-refractivity contribution < 1.29 is 18.0 Å². The standard InChI is InChI=1S/C18H12FN3O3/c1-10-9-24-18(20-10)16(23)21-12-7-5-11(6-8-12)17-22-15-13(19)3-2-4-14(15)25-17/h2-9H,1H3,(H,21,23). The van der Waals surface area contributed by atoms with E-state index < -0.39 is 11.7 Å². The molecule has 0 unspecified atom stereocenters. The molecule has 1 N–H and O–H groups in total. The molecule has 0 spiro atoms. The van der Waals surface area contributed by atoms with Crippen LogP contribution in [0.4, 0.5) is 10.1 Å². The van der Waals surface area contributed by atoms with E-state index in [9.17, 15) is 9.18 Å². The second-order valence-electron chi connectivity index (χ2n) is 5.43. The van der Waals surface area contributed by atoms with E-state index in [1.54, 1.807) is 43.3 Å². The summed E-state index contributed by atoms with van der Waals surface area (Å²) in [5, 5.41) is 2.68. The number of amides is 1. The fraction of sp³-hybridized carbons (Fsp3) is 0.0556. The van der Waals surface area contributed by atoms with E-state index in [2.05, 4.69) is 15.3 Å². The highest BCUT2D eigenvalue weighted by atomic mass is 19.1. The number of benzene rings is 2. The molecule has 4 rings (SSSR count). The number of oxazole rings is 2. The number of anilines is 1. The highest BCUT2D eigenvalue weighted by Crippen LogP contribution is 2.26. The van der Waals surface area contributed by atoms with E-state index in [0.717, 1.165) is 0 Å². The Bertz CT molecular complexity index is 1070. The van der Waals surface area contributed by atoms with E-state index in [1.165, 1.54) is 12.3 Å². The third kappa shape index (κ3) is 2.87. The number of para-hydroxylation sites is 1. The fourth-order valence-corrected chi connectivity index (χ4v) is 2.38. The van der Waals surface area contributed by atoms with Crippen molar-refractivity contribution in [3.05, 3.63) is 66.1 Å². The molecule has 124 valence electrons. The second-order valence-corrected chi connectivity index (χ2v) is 5.43. The van der Waals surface area contributed by atoms with Gasteiger partial charge in [0, 0.05) is 11.3 Å². The number of hydrogen-bond acceptors (Lipinski definition) is 5. The third-order valence-electron chi connectivity index (χ3n) is 3.57. The molecule has 7 heteroatoms. The molecular formula is C18H12FN3O3. The first-order valence-corrected chi connectivity index (χ1v) is 7.49. The lowest BCUT2D eigenvalue weighted by Crippen LogP contribution is -2.12. The number of nitrogens with zero attached hydrogens (tertiary/aromatic N) is 2. The van der Waals surface area contributed by atoms with Crippen LogP contribution in [0.1, 0.15) is 16.4 Å². The lowest BCUT2D eigenvalue weighted by atomic mass is 10.2. The van der Waals surface area contributed by atoms with Gasteiger partial charge in [-0.15, -0.1) is 0 Å². The van der Waals surface area contributed by atoms with Gasteiger partial charge in [-0.1, -0.05) is 6.07 Å². The molecule has 2 aromatic carbocycles. The summed E-state index contributed by atoms with van der Waals surface area (Å²) in [5.74, 6) is -0.570. The first-order chi connectivity index (χ1) is 12.1. The van der Waals surface area contributed by atoms with Gasteiger partial charge in [0.2, 0.25) is 5.89 Å². The number of halogens is 1. The van der Waals surface area contributed by atoms with E-state index in [0.29, 0.717) is 28.4 Å². The van der Waals surface area contributed by atoms with Crippen molar-refractivity contribution in [3.63, 3.8) is 0 Å². The molecule has 4 aromatic rings. The van der Waals surface area contributed by atoms with Crippen LogP contribution in [0.2, 0.25) is 0 Å². The van der Waals surface area contributed by atoms with Crippen LogP contribution in [0.15, 0.2) is 57.6 Å². The summed E-state index contributed by atoms with van der Waals surface area (Å²) in [7, 11) is 0. The van der Waals surface area contributed by atoms with Crippen molar-refractivity contribution in [2.75, 3.05) is 5.32 Å². The van der Waals surface area contributed by atoms with Crippen LogP contribution in [0.3, 0.4) is 0 Å². The molecule has 0 saturated heterocycles. The van der Waals surface area contributed by atoms with Gasteiger partial charge in [-0.2, -0.15) is 0 Å². The average molecular weight is 337 g/mol. The Labute approximate surface area is 141 Å². The lowest BCUT2D eigenvalue weighted by molar-refractivity contribution is 0.0990. The molecule has 1 amide bonds. The zero-order valence-electron chi connectivity index (χ0n) is 13.1. The molecule has 0 radical (unpaired) electrons. The molecule has 0 aliphatic carbocycles. The Hall–Kier alpha value is -3.48. The minimum atomic E-state index is -0.440. The largest absolute Gasteiger partial charge is 0.441 e. The van der Waals surface area contributed by atoms with Crippen LogP contribution in [-0.4, -0.2) is 15.9 Å². The Morgan fingerprint density at radius 1 is 1.12 bits per heavy atom. The van der Waals surface area contributed by atoms with Crippen LogP contribution in [0, 0.1) is 12.7 Å². The van der Waals surface area contributed by atoms with Gasteiger partial charge in [0.15, 0.2) is 11.4 Å². The first kappa shape index (κ1) is 15.1. The molecule has 25 heavy (non-hydrogen) atoms. The van der Waals surface area contributed by atoms with E-state index in [-0.39, 0.29) is 11.4 Å². The zero-order chi connectivity index (χ0) is 17.4. The highest BCUT2D eigenvalue weighted by molar-refractivity contribution is 6.01. The van der Waals surface area contributed by atoms with Crippen LogP contribution in [0.5, 0.6) is 0 Å². The number of fused-ring (bicyclic) bond motifs is 1. The summed E-state index contributed by atoms with van der Waals surface area (Å²) in [4.78, 5) is 20.1. The predicted octanol–water partition coefficient (Wildman–Crippen LogP) is 4.18. The second kappa shape index (κ2) is 5.86. The number of aromatic nitrogens is 2. The van der Waals surface area contributed by atoms with Crippen molar-refractivity contribution in [2.45, 2.75) is 6.92 Å². The molecule has 0 atom stereocenters. The van der Waals surface area contributed by atoms with Gasteiger partial charge in [-0.25, -0.2) is 14.4 Å². The molecule has 0 saturated carbocycles. The minimum Gasteiger partial charge on any atom is -0.441 e. The number of rotatable bonds is 3. The summed E-state index contributed by atoms with van der Waals surface area (Å²) in [5.41, 5.74) is 2.43. The van der Waals surface area contributed by atoms with Crippen LogP contribution >= 0.6 is 0 Å². The molecule has 2 heterocycles. The maximum absolute atomic E-state index is 13.7. The maximum Gasteiger partial charge on any atom is 0.311 e. The topological polar surface area (TPSA) is 81.2 Å². The molecular weight excluding hydrogens is 325 g/mol. The van der Waals surface area contributed by atoms with Crippen molar-refractivity contribution >= 4 is 22.7 Å². The van der Waals surface area contributed by atoms with Crippen molar-refractivity contribution in [1.29, 1.82) is 0 Å². The van der Waals surface area contributed by atoms with Crippen LogP contribution in [0.25, 0.3) is 22.6 Å². The van der Waals surface area contributed by atoms with Crippen molar-refractivity contribution in [2.24, 2.45) is 0 Å². The van der Waals surface area contributed by atoms with Gasteiger partial charge >= 0.3 is 5.91 Å². The minimum absolute atomic E-state index is 0.00370. The highest BCUT2D eigenvalue weighted by Gasteiger charge is 2.14. The molecule has 0 aliphatic heterocycles. The van der Waals surface area contributed by atoms with Gasteiger partial charge in [0.1, 0.15) is 11.8 Å². The summed E-state index contributed by atoms with van der Waals surface area (Å²) in [6.07, 6.45) is 1.41. The number of aryl methyl sites for hydroxylation is 1.